The van der Waals surface area contributed by atoms with E-state index in [1.807, 2.05) is 89.2 Å². The smallest absolute Gasteiger partial charge is 0.442 e. The molecule has 0 spiro atoms. The molecule has 0 unspecified atom stereocenters. The molecule has 226 valence electrons. The number of thiazole rings is 1. The minimum atomic E-state index is -0.607. The van der Waals surface area contributed by atoms with Crippen LogP contribution in [0.5, 0.6) is 10.9 Å². The zero-order valence-corrected chi connectivity index (χ0v) is 27.0. The molecule has 0 N–H and O–H groups in total. The number of likely N-dealkylation sites (N-methyl/N-ethyl adjacent to an activating group) is 1. The number of fused-ring (bicyclic) bond motifs is 1. The van der Waals surface area contributed by atoms with Crippen LogP contribution in [0.25, 0.3) is 15.9 Å². The van der Waals surface area contributed by atoms with Crippen LogP contribution in [-0.4, -0.2) is 40.4 Å². The number of nitrogens with zero attached hydrogens (tertiary/aromatic N) is 4. The predicted molar refractivity (Wildman–Crippen MR) is 172 cm³/mol. The van der Waals surface area contributed by atoms with Crippen LogP contribution >= 0.6 is 34.5 Å². The van der Waals surface area contributed by atoms with Crippen LogP contribution in [0.15, 0.2) is 75.9 Å². The number of hydrogen-bond donors (Lipinski definition) is 0. The Morgan fingerprint density at radius 2 is 1.72 bits per heavy atom. The number of anilines is 1. The van der Waals surface area contributed by atoms with E-state index < -0.39 is 5.76 Å². The van der Waals surface area contributed by atoms with Crippen molar-refractivity contribution in [2.75, 3.05) is 18.6 Å². The molecule has 1 amide bonds. The van der Waals surface area contributed by atoms with Crippen molar-refractivity contribution < 1.29 is 18.7 Å². The lowest BCUT2D eigenvalue weighted by Crippen LogP contribution is -2.31. The van der Waals surface area contributed by atoms with Crippen LogP contribution in [-0.2, 0) is 10.2 Å². The number of rotatable bonds is 7. The lowest BCUT2D eigenvalue weighted by atomic mass is 9.97. The van der Waals surface area contributed by atoms with Gasteiger partial charge in [0.15, 0.2) is 6.61 Å². The van der Waals surface area contributed by atoms with Gasteiger partial charge < -0.3 is 18.8 Å². The highest BCUT2D eigenvalue weighted by Crippen LogP contribution is 2.33. The van der Waals surface area contributed by atoms with Crippen LogP contribution in [0.1, 0.15) is 40.5 Å². The number of hydrogen-bond acceptors (Lipinski definition) is 8. The van der Waals surface area contributed by atoms with Gasteiger partial charge in [-0.2, -0.15) is 4.68 Å². The summed E-state index contributed by atoms with van der Waals surface area (Å²) in [6.07, 6.45) is -0.0642. The molecule has 43 heavy (non-hydrogen) atoms. The van der Waals surface area contributed by atoms with Crippen molar-refractivity contribution in [2.24, 2.45) is 0 Å². The number of para-hydroxylation sites is 2. The van der Waals surface area contributed by atoms with E-state index >= 15 is 0 Å². The lowest BCUT2D eigenvalue weighted by Gasteiger charge is -2.16. The Hall–Kier alpha value is -3.86. The number of carbonyl (C=O) groups excluding carboxylic acids is 1. The van der Waals surface area contributed by atoms with Crippen LogP contribution in [0.2, 0.25) is 10.0 Å². The van der Waals surface area contributed by atoms with Crippen molar-refractivity contribution in [3.05, 3.63) is 93.2 Å². The van der Waals surface area contributed by atoms with Crippen molar-refractivity contribution in [3.8, 4) is 16.6 Å². The molecule has 0 fully saturated rings. The highest BCUT2D eigenvalue weighted by molar-refractivity contribution is 7.20. The van der Waals surface area contributed by atoms with Crippen LogP contribution in [0, 0.1) is 0 Å². The maximum atomic E-state index is 12.1. The van der Waals surface area contributed by atoms with Gasteiger partial charge in [0.05, 0.1) is 32.1 Å². The summed E-state index contributed by atoms with van der Waals surface area (Å²) in [7, 11) is 1.74. The molecule has 5 aromatic rings. The van der Waals surface area contributed by atoms with Crippen molar-refractivity contribution in [3.63, 3.8) is 0 Å². The van der Waals surface area contributed by atoms with Crippen molar-refractivity contribution in [1.82, 2.24) is 14.8 Å². The maximum Gasteiger partial charge on any atom is 0.442 e. The Balaban J connectivity index is 0.000000197. The highest BCUT2D eigenvalue weighted by atomic mass is 35.5. The molecule has 3 aromatic carbocycles. The number of amides is 1. The van der Waals surface area contributed by atoms with E-state index in [1.165, 1.54) is 17.4 Å². The quantitative estimate of drug-likeness (QED) is 0.181. The zero-order chi connectivity index (χ0) is 31.3. The normalized spacial score (nSPS) is 11.3. The predicted octanol–water partition coefficient (Wildman–Crippen LogP) is 7.56. The van der Waals surface area contributed by atoms with Gasteiger partial charge in [0.25, 0.3) is 11.1 Å². The first kappa shape index (κ1) is 32.1. The first-order valence-corrected chi connectivity index (χ1v) is 15.0. The van der Waals surface area contributed by atoms with Gasteiger partial charge in [-0.1, -0.05) is 85.6 Å². The third-order valence-corrected chi connectivity index (χ3v) is 7.44. The molecular weight excluding hydrogens is 611 g/mol. The van der Waals surface area contributed by atoms with Crippen molar-refractivity contribution in [2.45, 2.75) is 46.1 Å². The summed E-state index contributed by atoms with van der Waals surface area (Å²) in [5.74, 6) is 0.0446. The van der Waals surface area contributed by atoms with Gasteiger partial charge in [-0.3, -0.25) is 4.79 Å². The van der Waals surface area contributed by atoms with Crippen LogP contribution < -0.4 is 20.1 Å². The first-order valence-electron chi connectivity index (χ1n) is 13.4. The molecule has 0 aliphatic heterocycles. The van der Waals surface area contributed by atoms with Gasteiger partial charge in [0, 0.05) is 24.2 Å². The van der Waals surface area contributed by atoms with Gasteiger partial charge in [-0.25, -0.2) is 9.78 Å². The Kier molecular flexibility index (Phi) is 10.2. The first-order chi connectivity index (χ1) is 20.3. The van der Waals surface area contributed by atoms with Crippen molar-refractivity contribution >= 4 is 56.3 Å². The minimum Gasteiger partial charge on any atom is -0.489 e. The maximum absolute atomic E-state index is 12.1. The van der Waals surface area contributed by atoms with Crippen molar-refractivity contribution in [1.29, 1.82) is 0 Å². The summed E-state index contributed by atoms with van der Waals surface area (Å²) in [4.78, 5) is 30.1. The number of aromatic nitrogens is 3. The lowest BCUT2D eigenvalue weighted by molar-refractivity contribution is -0.120. The average Bonchev–Trinajstić information content (AvgIpc) is 3.56. The number of benzene rings is 3. The third kappa shape index (κ3) is 8.16. The molecular formula is C31H32Cl2N4O5S. The van der Waals surface area contributed by atoms with E-state index in [0.29, 0.717) is 27.5 Å². The fourth-order valence-electron chi connectivity index (χ4n) is 3.69. The number of ether oxygens (including phenoxy) is 2. The van der Waals surface area contributed by atoms with Crippen LogP contribution in [0.3, 0.4) is 0 Å². The van der Waals surface area contributed by atoms with Gasteiger partial charge in [0.1, 0.15) is 5.75 Å². The molecule has 0 aliphatic carbocycles. The fourth-order valence-corrected chi connectivity index (χ4v) is 5.01. The molecule has 0 saturated heterocycles. The second-order valence-electron chi connectivity index (χ2n) is 10.8. The van der Waals surface area contributed by atoms with E-state index in [9.17, 15) is 9.59 Å². The van der Waals surface area contributed by atoms with E-state index in [-0.39, 0.29) is 29.1 Å². The van der Waals surface area contributed by atoms with E-state index in [0.717, 1.165) is 20.6 Å². The van der Waals surface area contributed by atoms with Gasteiger partial charge in [-0.05, 0) is 44.2 Å². The summed E-state index contributed by atoms with van der Waals surface area (Å²) >= 11 is 13.7. The summed E-state index contributed by atoms with van der Waals surface area (Å²) in [5, 5.41) is 5.40. The largest absolute Gasteiger partial charge is 0.489 e. The van der Waals surface area contributed by atoms with E-state index in [4.69, 9.17) is 37.1 Å². The van der Waals surface area contributed by atoms with Gasteiger partial charge in [-0.15, -0.1) is 5.10 Å². The standard InChI is InChI=1S/C16H14N2O2S.C15H18Cl2N2O3/c1-18(12-7-3-2-4-8-12)15(19)11-20-16-17-13-9-5-6-10-14(13)21-16;1-8(2)21-12-7-11(9(16)6-10(12)17)19-14(20)22-13(18-19)15(3,4)5/h2-10H,11H2,1H3;6-8H,1-5H3. The Labute approximate surface area is 263 Å². The SMILES string of the molecule is CC(C)Oc1cc(-n2nc(C(C)(C)C)oc2=O)c(Cl)cc1Cl.CN(C(=O)COc1nc2ccccc2s1)c1ccccc1. The highest BCUT2D eigenvalue weighted by Gasteiger charge is 2.24. The molecule has 2 aromatic heterocycles. The number of carbonyl (C=O) groups is 1. The molecule has 0 bridgehead atoms. The monoisotopic (exact) mass is 642 g/mol. The molecule has 0 aliphatic rings. The average molecular weight is 644 g/mol. The Morgan fingerprint density at radius 1 is 1.05 bits per heavy atom. The zero-order valence-electron chi connectivity index (χ0n) is 24.6. The summed E-state index contributed by atoms with van der Waals surface area (Å²) in [5.41, 5.74) is 1.71. The molecule has 5 rings (SSSR count). The Bertz CT molecular complexity index is 1730. The van der Waals surface area contributed by atoms with Gasteiger partial charge >= 0.3 is 5.76 Å². The molecule has 0 radical (unpaired) electrons. The van der Waals surface area contributed by atoms with E-state index in [1.54, 1.807) is 18.0 Å². The second-order valence-corrected chi connectivity index (χ2v) is 12.6. The summed E-state index contributed by atoms with van der Waals surface area (Å²) in [6, 6.07) is 20.4. The van der Waals surface area contributed by atoms with Gasteiger partial charge in [0.2, 0.25) is 5.89 Å². The topological polar surface area (TPSA) is 99.7 Å². The fraction of sp³-hybridized carbons (Fsp3) is 0.290. The number of halogens is 2. The third-order valence-electron chi connectivity index (χ3n) is 5.89. The molecule has 9 nitrogen and oxygen atoms in total. The Morgan fingerprint density at radius 3 is 2.35 bits per heavy atom. The van der Waals surface area contributed by atoms with Crippen LogP contribution in [0.4, 0.5) is 5.69 Å². The summed E-state index contributed by atoms with van der Waals surface area (Å²) in [6.45, 7) is 9.44. The molecule has 0 saturated carbocycles. The molecule has 0 atom stereocenters. The molecule has 2 heterocycles. The summed E-state index contributed by atoms with van der Waals surface area (Å²) < 4.78 is 18.5. The van der Waals surface area contributed by atoms with E-state index in [2.05, 4.69) is 10.1 Å². The second kappa shape index (κ2) is 13.6. The minimum absolute atomic E-state index is 0.0226. The molecule has 12 heteroatoms.